The Hall–Kier alpha value is -3.97. The van der Waals surface area contributed by atoms with E-state index in [4.69, 9.17) is 10.1 Å². The van der Waals surface area contributed by atoms with Gasteiger partial charge in [0.05, 0.1) is 17.0 Å². The third kappa shape index (κ3) is 7.61. The SMILES string of the molecule is O=C(O)CCNC(=O)c1ccc(CN(c2nc(-c3ccccc3)c(-c3ccccc3)s2)C2CCCCCCC2)cc1. The number of aliphatic carboxylic acids is 1. The molecule has 0 bridgehead atoms. The van der Waals surface area contributed by atoms with E-state index in [0.29, 0.717) is 18.2 Å². The van der Waals surface area contributed by atoms with Crippen LogP contribution in [0.5, 0.6) is 0 Å². The van der Waals surface area contributed by atoms with Crippen LogP contribution in [0, 0.1) is 0 Å². The molecule has 0 aliphatic heterocycles. The topological polar surface area (TPSA) is 82.5 Å². The van der Waals surface area contributed by atoms with Crippen LogP contribution >= 0.6 is 11.3 Å². The van der Waals surface area contributed by atoms with Crippen LogP contribution in [0.3, 0.4) is 0 Å². The molecule has 3 aromatic carbocycles. The monoisotopic (exact) mass is 567 g/mol. The molecule has 1 amide bonds. The van der Waals surface area contributed by atoms with Crippen molar-refractivity contribution in [1.29, 1.82) is 0 Å². The third-order valence-electron chi connectivity index (χ3n) is 7.65. The van der Waals surface area contributed by atoms with Crippen molar-refractivity contribution >= 4 is 28.3 Å². The van der Waals surface area contributed by atoms with Crippen LogP contribution in [0.25, 0.3) is 21.7 Å². The predicted octanol–water partition coefficient (Wildman–Crippen LogP) is 7.80. The smallest absolute Gasteiger partial charge is 0.305 e. The number of benzene rings is 3. The molecule has 212 valence electrons. The van der Waals surface area contributed by atoms with Crippen molar-refractivity contribution < 1.29 is 14.7 Å². The van der Waals surface area contributed by atoms with Crippen molar-refractivity contribution in [2.75, 3.05) is 11.4 Å². The first-order valence-electron chi connectivity index (χ1n) is 14.6. The van der Waals surface area contributed by atoms with Gasteiger partial charge in [-0.05, 0) is 36.1 Å². The lowest BCUT2D eigenvalue weighted by Gasteiger charge is -2.33. The number of carbonyl (C=O) groups is 2. The van der Waals surface area contributed by atoms with Gasteiger partial charge >= 0.3 is 5.97 Å². The third-order valence-corrected chi connectivity index (χ3v) is 8.80. The van der Waals surface area contributed by atoms with Crippen molar-refractivity contribution in [2.24, 2.45) is 0 Å². The molecule has 0 radical (unpaired) electrons. The normalized spacial score (nSPS) is 14.1. The zero-order chi connectivity index (χ0) is 28.4. The van der Waals surface area contributed by atoms with E-state index in [1.54, 1.807) is 11.3 Å². The number of anilines is 1. The van der Waals surface area contributed by atoms with Gasteiger partial charge < -0.3 is 15.3 Å². The van der Waals surface area contributed by atoms with Gasteiger partial charge in [-0.3, -0.25) is 9.59 Å². The molecular formula is C34H37N3O3S. The number of aromatic nitrogens is 1. The van der Waals surface area contributed by atoms with E-state index in [1.807, 2.05) is 36.4 Å². The van der Waals surface area contributed by atoms with Crippen molar-refractivity contribution in [1.82, 2.24) is 10.3 Å². The summed E-state index contributed by atoms with van der Waals surface area (Å²) in [7, 11) is 0. The van der Waals surface area contributed by atoms with Crippen LogP contribution in [0.2, 0.25) is 0 Å². The molecule has 0 unspecified atom stereocenters. The summed E-state index contributed by atoms with van der Waals surface area (Å²) in [5, 5.41) is 12.6. The second-order valence-corrected chi connectivity index (χ2v) is 11.6. The Morgan fingerprint density at radius 3 is 2.07 bits per heavy atom. The Morgan fingerprint density at radius 1 is 0.829 bits per heavy atom. The van der Waals surface area contributed by atoms with E-state index in [0.717, 1.165) is 34.8 Å². The van der Waals surface area contributed by atoms with Crippen molar-refractivity contribution in [3.8, 4) is 21.7 Å². The number of thiazole rings is 1. The lowest BCUT2D eigenvalue weighted by atomic mass is 9.95. The average Bonchev–Trinajstić information content (AvgIpc) is 3.42. The van der Waals surface area contributed by atoms with Crippen LogP contribution in [0.1, 0.15) is 67.3 Å². The fourth-order valence-corrected chi connectivity index (χ4v) is 6.62. The summed E-state index contributed by atoms with van der Waals surface area (Å²) in [6, 6.07) is 29.0. The maximum atomic E-state index is 12.5. The van der Waals surface area contributed by atoms with E-state index in [1.165, 1.54) is 42.5 Å². The summed E-state index contributed by atoms with van der Waals surface area (Å²) in [5.41, 5.74) is 4.95. The van der Waals surface area contributed by atoms with Gasteiger partial charge in [-0.1, -0.05) is 116 Å². The Balaban J connectivity index is 1.46. The number of hydrogen-bond acceptors (Lipinski definition) is 5. The number of carboxylic acids is 1. The molecule has 1 aliphatic carbocycles. The molecule has 2 N–H and O–H groups in total. The largest absolute Gasteiger partial charge is 0.481 e. The molecule has 1 aliphatic rings. The lowest BCUT2D eigenvalue weighted by Crippen LogP contribution is -2.35. The van der Waals surface area contributed by atoms with Crippen LogP contribution in [-0.2, 0) is 11.3 Å². The number of carbonyl (C=O) groups excluding carboxylic acids is 1. The van der Waals surface area contributed by atoms with Gasteiger partial charge in [0.15, 0.2) is 5.13 Å². The van der Waals surface area contributed by atoms with Gasteiger partial charge in [-0.15, -0.1) is 0 Å². The molecular weight excluding hydrogens is 530 g/mol. The molecule has 0 atom stereocenters. The van der Waals surface area contributed by atoms with Crippen LogP contribution in [0.4, 0.5) is 5.13 Å². The number of rotatable bonds is 10. The summed E-state index contributed by atoms with van der Waals surface area (Å²) in [6.45, 7) is 0.824. The summed E-state index contributed by atoms with van der Waals surface area (Å²) in [4.78, 5) is 32.2. The zero-order valence-electron chi connectivity index (χ0n) is 23.3. The molecule has 0 saturated heterocycles. The minimum absolute atomic E-state index is 0.0933. The van der Waals surface area contributed by atoms with E-state index >= 15 is 0 Å². The van der Waals surface area contributed by atoms with Gasteiger partial charge in [-0.25, -0.2) is 4.98 Å². The first-order chi connectivity index (χ1) is 20.1. The first kappa shape index (κ1) is 28.6. The maximum absolute atomic E-state index is 12.5. The predicted molar refractivity (Wildman–Crippen MR) is 166 cm³/mol. The first-order valence-corrected chi connectivity index (χ1v) is 15.4. The average molecular weight is 568 g/mol. The molecule has 41 heavy (non-hydrogen) atoms. The highest BCUT2D eigenvalue weighted by Crippen LogP contribution is 2.42. The molecule has 5 rings (SSSR count). The number of nitrogens with one attached hydrogen (secondary N) is 1. The van der Waals surface area contributed by atoms with Crippen LogP contribution < -0.4 is 10.2 Å². The van der Waals surface area contributed by atoms with Crippen molar-refractivity contribution in [2.45, 2.75) is 64.0 Å². The quantitative estimate of drug-likeness (QED) is 0.204. The van der Waals surface area contributed by atoms with Crippen LogP contribution in [0.15, 0.2) is 84.9 Å². The van der Waals surface area contributed by atoms with Gasteiger partial charge in [0.2, 0.25) is 0 Å². The van der Waals surface area contributed by atoms with E-state index < -0.39 is 5.97 Å². The van der Waals surface area contributed by atoms with Gasteiger partial charge in [-0.2, -0.15) is 0 Å². The number of hydrogen-bond donors (Lipinski definition) is 2. The van der Waals surface area contributed by atoms with E-state index in [-0.39, 0.29) is 18.9 Å². The molecule has 1 fully saturated rings. The molecule has 4 aromatic rings. The second kappa shape index (κ2) is 14.1. The highest BCUT2D eigenvalue weighted by molar-refractivity contribution is 7.19. The Labute approximate surface area is 246 Å². The minimum atomic E-state index is -0.928. The Bertz CT molecular complexity index is 1360. The fraction of sp³-hybridized carbons (Fsp3) is 0.324. The summed E-state index contributed by atoms with van der Waals surface area (Å²) in [6.07, 6.45) is 8.51. The van der Waals surface area contributed by atoms with Gasteiger partial charge in [0, 0.05) is 30.3 Å². The second-order valence-electron chi connectivity index (χ2n) is 10.6. The fourth-order valence-electron chi connectivity index (χ4n) is 5.45. The number of carboxylic acid groups (broad SMARTS) is 1. The lowest BCUT2D eigenvalue weighted by molar-refractivity contribution is -0.136. The molecule has 1 aromatic heterocycles. The summed E-state index contributed by atoms with van der Waals surface area (Å²) >= 11 is 1.76. The van der Waals surface area contributed by atoms with Crippen molar-refractivity contribution in [3.63, 3.8) is 0 Å². The van der Waals surface area contributed by atoms with E-state index in [2.05, 4.69) is 58.7 Å². The number of nitrogens with zero attached hydrogens (tertiary/aromatic N) is 2. The highest BCUT2D eigenvalue weighted by atomic mass is 32.1. The molecule has 0 spiro atoms. The van der Waals surface area contributed by atoms with E-state index in [9.17, 15) is 9.59 Å². The van der Waals surface area contributed by atoms with Gasteiger partial charge in [0.25, 0.3) is 5.91 Å². The van der Waals surface area contributed by atoms with Gasteiger partial charge in [0.1, 0.15) is 0 Å². The summed E-state index contributed by atoms with van der Waals surface area (Å²) in [5.74, 6) is -1.18. The Morgan fingerprint density at radius 2 is 1.44 bits per heavy atom. The number of amides is 1. The maximum Gasteiger partial charge on any atom is 0.305 e. The summed E-state index contributed by atoms with van der Waals surface area (Å²) < 4.78 is 0. The Kier molecular flexibility index (Phi) is 9.81. The highest BCUT2D eigenvalue weighted by Gasteiger charge is 2.25. The molecule has 1 saturated carbocycles. The standard InChI is InChI=1S/C34H37N3O3S/c38-30(39)22-23-35-33(40)28-20-18-25(19-21-28)24-37(29-16-10-2-1-3-11-17-29)34-36-31(26-12-6-4-7-13-26)32(41-34)27-14-8-5-9-15-27/h4-9,12-15,18-21,29H,1-3,10-11,16-17,22-24H2,(H,35,40)(H,38,39). The van der Waals surface area contributed by atoms with Crippen LogP contribution in [-0.4, -0.2) is 34.6 Å². The molecule has 6 nitrogen and oxygen atoms in total. The minimum Gasteiger partial charge on any atom is -0.481 e. The zero-order valence-corrected chi connectivity index (χ0v) is 24.1. The van der Waals surface area contributed by atoms with Crippen molar-refractivity contribution in [3.05, 3.63) is 96.1 Å². The molecule has 7 heteroatoms. The molecule has 1 heterocycles.